The lowest BCUT2D eigenvalue weighted by Crippen LogP contribution is -2.27. The molecule has 3 nitrogen and oxygen atoms in total. The molecule has 0 bridgehead atoms. The minimum absolute atomic E-state index is 0.534. The lowest BCUT2D eigenvalue weighted by molar-refractivity contribution is 0.335. The molecule has 106 valence electrons. The minimum Gasteiger partial charge on any atom is -0.497 e. The quantitative estimate of drug-likeness (QED) is 0.819. The highest BCUT2D eigenvalue weighted by molar-refractivity contribution is 5.40. The lowest BCUT2D eigenvalue weighted by Gasteiger charge is -2.20. The van der Waals surface area contributed by atoms with E-state index < -0.39 is 0 Å². The number of hydrogen-bond acceptors (Lipinski definition) is 3. The van der Waals surface area contributed by atoms with E-state index >= 15 is 0 Å². The van der Waals surface area contributed by atoms with Crippen LogP contribution in [0.1, 0.15) is 32.3 Å². The fraction of sp³-hybridized carbons (Fsp3) is 0.625. The largest absolute Gasteiger partial charge is 0.497 e. The van der Waals surface area contributed by atoms with E-state index in [0.717, 1.165) is 36.1 Å². The Balaban J connectivity index is 1.95. The van der Waals surface area contributed by atoms with E-state index in [0.29, 0.717) is 5.41 Å². The third kappa shape index (κ3) is 3.21. The van der Waals surface area contributed by atoms with E-state index in [1.165, 1.54) is 12.8 Å². The van der Waals surface area contributed by atoms with E-state index in [2.05, 4.69) is 19.2 Å². The number of rotatable bonds is 7. The highest BCUT2D eigenvalue weighted by Crippen LogP contribution is 2.51. The smallest absolute Gasteiger partial charge is 0.123 e. The molecule has 0 saturated heterocycles. The SMILES string of the molecule is COc1ccc(OC)c(CNCC2(C(C)C)CC2)c1. The summed E-state index contributed by atoms with van der Waals surface area (Å²) in [6.07, 6.45) is 2.71. The Kier molecular flexibility index (Phi) is 4.35. The first-order valence-electron chi connectivity index (χ1n) is 7.03. The Hall–Kier alpha value is -1.22. The molecule has 1 aromatic rings. The molecular formula is C16H25NO2. The third-order valence-corrected chi connectivity index (χ3v) is 4.40. The number of methoxy groups -OCH3 is 2. The summed E-state index contributed by atoms with van der Waals surface area (Å²) in [6, 6.07) is 5.94. The van der Waals surface area contributed by atoms with Crippen LogP contribution in [-0.4, -0.2) is 20.8 Å². The van der Waals surface area contributed by atoms with Gasteiger partial charge in [-0.25, -0.2) is 0 Å². The molecule has 1 N–H and O–H groups in total. The van der Waals surface area contributed by atoms with Gasteiger partial charge in [-0.1, -0.05) is 13.8 Å². The average Bonchev–Trinajstić information content (AvgIpc) is 3.20. The minimum atomic E-state index is 0.534. The highest BCUT2D eigenvalue weighted by atomic mass is 16.5. The van der Waals surface area contributed by atoms with Gasteiger partial charge in [-0.15, -0.1) is 0 Å². The second-order valence-corrected chi connectivity index (χ2v) is 5.80. The molecule has 1 aliphatic carbocycles. The van der Waals surface area contributed by atoms with Gasteiger partial charge in [0.15, 0.2) is 0 Å². The summed E-state index contributed by atoms with van der Waals surface area (Å²) in [5.74, 6) is 2.55. The van der Waals surface area contributed by atoms with Gasteiger partial charge in [0.1, 0.15) is 11.5 Å². The number of ether oxygens (including phenoxy) is 2. The van der Waals surface area contributed by atoms with Crippen molar-refractivity contribution in [2.45, 2.75) is 33.2 Å². The maximum absolute atomic E-state index is 5.40. The van der Waals surface area contributed by atoms with E-state index in [9.17, 15) is 0 Å². The molecule has 1 aliphatic rings. The molecular weight excluding hydrogens is 238 g/mol. The zero-order chi connectivity index (χ0) is 13.9. The molecule has 0 radical (unpaired) electrons. The highest BCUT2D eigenvalue weighted by Gasteiger charge is 2.44. The van der Waals surface area contributed by atoms with Crippen LogP contribution in [0.4, 0.5) is 0 Å². The first-order chi connectivity index (χ1) is 9.11. The summed E-state index contributed by atoms with van der Waals surface area (Å²) in [4.78, 5) is 0. The Morgan fingerprint density at radius 3 is 2.47 bits per heavy atom. The van der Waals surface area contributed by atoms with Crippen molar-refractivity contribution in [1.82, 2.24) is 5.32 Å². The summed E-state index contributed by atoms with van der Waals surface area (Å²) in [5.41, 5.74) is 1.69. The first kappa shape index (κ1) is 14.2. The molecule has 2 rings (SSSR count). The Morgan fingerprint density at radius 1 is 1.21 bits per heavy atom. The fourth-order valence-electron chi connectivity index (χ4n) is 2.58. The van der Waals surface area contributed by atoms with Gasteiger partial charge in [-0.2, -0.15) is 0 Å². The summed E-state index contributed by atoms with van der Waals surface area (Å²) >= 11 is 0. The third-order valence-electron chi connectivity index (χ3n) is 4.40. The molecule has 0 unspecified atom stereocenters. The van der Waals surface area contributed by atoms with E-state index in [1.807, 2.05) is 18.2 Å². The summed E-state index contributed by atoms with van der Waals surface area (Å²) < 4.78 is 10.7. The molecule has 0 spiro atoms. The van der Waals surface area contributed by atoms with Crippen molar-refractivity contribution < 1.29 is 9.47 Å². The zero-order valence-electron chi connectivity index (χ0n) is 12.5. The van der Waals surface area contributed by atoms with Crippen molar-refractivity contribution in [3.05, 3.63) is 23.8 Å². The molecule has 1 fully saturated rings. The average molecular weight is 263 g/mol. The summed E-state index contributed by atoms with van der Waals surface area (Å²) in [7, 11) is 3.40. The van der Waals surface area contributed by atoms with Gasteiger partial charge in [-0.05, 0) is 42.4 Å². The number of benzene rings is 1. The van der Waals surface area contributed by atoms with E-state index in [1.54, 1.807) is 14.2 Å². The Labute approximate surface area is 116 Å². The van der Waals surface area contributed by atoms with Gasteiger partial charge in [0.2, 0.25) is 0 Å². The van der Waals surface area contributed by atoms with Gasteiger partial charge in [0, 0.05) is 18.7 Å². The van der Waals surface area contributed by atoms with E-state index in [4.69, 9.17) is 9.47 Å². The van der Waals surface area contributed by atoms with Crippen molar-refractivity contribution in [2.75, 3.05) is 20.8 Å². The Morgan fingerprint density at radius 2 is 1.95 bits per heavy atom. The standard InChI is InChI=1S/C16H25NO2/c1-12(2)16(7-8-16)11-17-10-13-9-14(18-3)5-6-15(13)19-4/h5-6,9,12,17H,7-8,10-11H2,1-4H3. The van der Waals surface area contributed by atoms with Crippen LogP contribution in [0.15, 0.2) is 18.2 Å². The maximum Gasteiger partial charge on any atom is 0.123 e. The van der Waals surface area contributed by atoms with Crippen LogP contribution in [0.5, 0.6) is 11.5 Å². The summed E-state index contributed by atoms with van der Waals surface area (Å²) in [5, 5.41) is 3.58. The zero-order valence-corrected chi connectivity index (χ0v) is 12.5. The van der Waals surface area contributed by atoms with Crippen molar-refractivity contribution >= 4 is 0 Å². The van der Waals surface area contributed by atoms with Crippen LogP contribution >= 0.6 is 0 Å². The second-order valence-electron chi connectivity index (χ2n) is 5.80. The van der Waals surface area contributed by atoms with Crippen LogP contribution < -0.4 is 14.8 Å². The van der Waals surface area contributed by atoms with Gasteiger partial charge < -0.3 is 14.8 Å². The van der Waals surface area contributed by atoms with Crippen LogP contribution in [0.3, 0.4) is 0 Å². The molecule has 0 aromatic heterocycles. The predicted octanol–water partition coefficient (Wildman–Crippen LogP) is 3.23. The molecule has 0 amide bonds. The van der Waals surface area contributed by atoms with E-state index in [-0.39, 0.29) is 0 Å². The molecule has 1 aromatic carbocycles. The number of nitrogens with one attached hydrogen (secondary N) is 1. The molecule has 19 heavy (non-hydrogen) atoms. The summed E-state index contributed by atoms with van der Waals surface area (Å²) in [6.45, 7) is 6.56. The predicted molar refractivity (Wildman–Crippen MR) is 77.8 cm³/mol. The van der Waals surface area contributed by atoms with Crippen molar-refractivity contribution in [1.29, 1.82) is 0 Å². The fourth-order valence-corrected chi connectivity index (χ4v) is 2.58. The van der Waals surface area contributed by atoms with Gasteiger partial charge in [0.25, 0.3) is 0 Å². The molecule has 3 heteroatoms. The molecule has 0 atom stereocenters. The maximum atomic E-state index is 5.40. The van der Waals surface area contributed by atoms with Gasteiger partial charge in [-0.3, -0.25) is 0 Å². The van der Waals surface area contributed by atoms with Gasteiger partial charge >= 0.3 is 0 Å². The van der Waals surface area contributed by atoms with Crippen molar-refractivity contribution in [2.24, 2.45) is 11.3 Å². The van der Waals surface area contributed by atoms with Gasteiger partial charge in [0.05, 0.1) is 14.2 Å². The molecule has 0 heterocycles. The van der Waals surface area contributed by atoms with Crippen molar-refractivity contribution in [3.63, 3.8) is 0 Å². The van der Waals surface area contributed by atoms with Crippen LogP contribution in [0.25, 0.3) is 0 Å². The monoisotopic (exact) mass is 263 g/mol. The normalized spacial score (nSPS) is 16.5. The Bertz CT molecular complexity index is 425. The molecule has 0 aliphatic heterocycles. The first-order valence-corrected chi connectivity index (χ1v) is 7.03. The van der Waals surface area contributed by atoms with Crippen molar-refractivity contribution in [3.8, 4) is 11.5 Å². The molecule has 1 saturated carbocycles. The number of hydrogen-bond donors (Lipinski definition) is 1. The van der Waals surface area contributed by atoms with Crippen LogP contribution in [0.2, 0.25) is 0 Å². The topological polar surface area (TPSA) is 30.5 Å². The van der Waals surface area contributed by atoms with Crippen LogP contribution in [0, 0.1) is 11.3 Å². The van der Waals surface area contributed by atoms with Crippen LogP contribution in [-0.2, 0) is 6.54 Å². The second kappa shape index (κ2) is 5.83. The lowest BCUT2D eigenvalue weighted by atomic mass is 9.92.